The van der Waals surface area contributed by atoms with Gasteiger partial charge in [0.25, 0.3) is 0 Å². The monoisotopic (exact) mass is 310 g/mol. The zero-order valence-electron chi connectivity index (χ0n) is 12.0. The topological polar surface area (TPSA) is 72.8 Å². The van der Waals surface area contributed by atoms with Crippen LogP contribution in [0.15, 0.2) is 0 Å². The molecule has 0 bridgehead atoms. The summed E-state index contributed by atoms with van der Waals surface area (Å²) in [5.41, 5.74) is 18.4. The first-order valence-electron chi connectivity index (χ1n) is 7.51. The summed E-state index contributed by atoms with van der Waals surface area (Å²) >= 11 is 3.23. The fraction of sp³-hybridized carbons (Fsp3) is 0.857. The molecule has 0 saturated heterocycles. The van der Waals surface area contributed by atoms with Crippen molar-refractivity contribution in [2.24, 2.45) is 11.8 Å². The number of hydrogen-bond acceptors (Lipinski definition) is 2. The molecule has 0 aliphatic heterocycles. The van der Waals surface area contributed by atoms with Gasteiger partial charge in [-0.2, -0.15) is 9.58 Å². The molecule has 0 aromatic heterocycles. The lowest BCUT2D eigenvalue weighted by Crippen LogP contribution is -2.15. The van der Waals surface area contributed by atoms with Crippen LogP contribution in [0.25, 0.3) is 11.1 Å². The van der Waals surface area contributed by atoms with Gasteiger partial charge < -0.3 is 11.1 Å². The Morgan fingerprint density at radius 3 is 1.50 bits per heavy atom. The zero-order valence-corrected chi connectivity index (χ0v) is 13.6. The van der Waals surface area contributed by atoms with Crippen molar-refractivity contribution in [3.63, 3.8) is 0 Å². The highest BCUT2D eigenvalue weighted by atomic mass is 32.2. The summed E-state index contributed by atoms with van der Waals surface area (Å²) < 4.78 is 0.216. The molecule has 0 aromatic carbocycles. The summed E-state index contributed by atoms with van der Waals surface area (Å²) in [4.78, 5) is 7.01. The molecule has 20 heavy (non-hydrogen) atoms. The van der Waals surface area contributed by atoms with Gasteiger partial charge >= 0.3 is 10.1 Å². The van der Waals surface area contributed by atoms with Crippen LogP contribution in [0.4, 0.5) is 0 Å². The molecule has 2 aliphatic rings. The van der Waals surface area contributed by atoms with Gasteiger partial charge in [0.05, 0.1) is 16.4 Å². The van der Waals surface area contributed by atoms with E-state index in [0.717, 1.165) is 35.8 Å². The first-order valence-corrected chi connectivity index (χ1v) is 9.27. The van der Waals surface area contributed by atoms with Crippen LogP contribution in [0.2, 0.25) is 0 Å². The first-order chi connectivity index (χ1) is 9.74. The quantitative estimate of drug-likeness (QED) is 0.253. The lowest BCUT2D eigenvalue weighted by Gasteiger charge is -2.10. The van der Waals surface area contributed by atoms with Crippen molar-refractivity contribution in [3.05, 3.63) is 11.1 Å². The molecular formula is C14H22N4S2. The first kappa shape index (κ1) is 15.8. The average molecular weight is 310 g/mol. The Balaban J connectivity index is 1.88. The third kappa shape index (κ3) is 4.23. The van der Waals surface area contributed by atoms with E-state index >= 15 is 0 Å². The summed E-state index contributed by atoms with van der Waals surface area (Å²) in [6.07, 6.45) is 9.46. The minimum Gasteiger partial charge on any atom is -0.361 e. The van der Waals surface area contributed by atoms with Crippen molar-refractivity contribution in [1.82, 2.24) is 0 Å². The van der Waals surface area contributed by atoms with Crippen LogP contribution in [-0.2, 0) is 0 Å². The van der Waals surface area contributed by atoms with Crippen LogP contribution in [0.1, 0.15) is 58.3 Å². The molecule has 0 N–H and O–H groups in total. The third-order valence-corrected chi connectivity index (χ3v) is 6.73. The molecule has 2 aliphatic carbocycles. The summed E-state index contributed by atoms with van der Waals surface area (Å²) in [7, 11) is 0. The third-order valence-electron chi connectivity index (χ3n) is 4.18. The smallest absolute Gasteiger partial charge is 0.329 e. The van der Waals surface area contributed by atoms with Gasteiger partial charge in [-0.25, -0.2) is 0 Å². The van der Waals surface area contributed by atoms with Crippen molar-refractivity contribution >= 4 is 33.6 Å². The lowest BCUT2D eigenvalue weighted by molar-refractivity contribution is -0.00656. The van der Waals surface area contributed by atoms with E-state index in [9.17, 15) is 11.1 Å². The predicted molar refractivity (Wildman–Crippen MR) is 85.8 cm³/mol. The van der Waals surface area contributed by atoms with Crippen molar-refractivity contribution in [2.75, 3.05) is 0 Å². The molecule has 0 amide bonds. The van der Waals surface area contributed by atoms with Gasteiger partial charge in [-0.1, -0.05) is 25.7 Å². The summed E-state index contributed by atoms with van der Waals surface area (Å²) in [6.45, 7) is 2.09. The largest absolute Gasteiger partial charge is 0.361 e. The van der Waals surface area contributed by atoms with Crippen LogP contribution in [-0.4, -0.2) is 24.2 Å². The highest BCUT2D eigenvalue weighted by molar-refractivity contribution is 8.29. The van der Waals surface area contributed by atoms with Crippen molar-refractivity contribution in [2.45, 2.75) is 62.9 Å². The van der Waals surface area contributed by atoms with Crippen LogP contribution in [0.3, 0.4) is 0 Å². The van der Waals surface area contributed by atoms with Gasteiger partial charge in [-0.05, 0) is 56.1 Å². The van der Waals surface area contributed by atoms with Crippen molar-refractivity contribution in [1.29, 1.82) is 0 Å². The molecule has 0 spiro atoms. The second-order valence-electron chi connectivity index (χ2n) is 5.64. The number of rotatable bonds is 4. The van der Waals surface area contributed by atoms with Gasteiger partial charge in [-0.3, -0.25) is 0 Å². The molecule has 0 heterocycles. The Bertz CT molecular complexity index is 386. The summed E-state index contributed by atoms with van der Waals surface area (Å²) in [5, 5.41) is 1.71. The van der Waals surface area contributed by atoms with E-state index < -0.39 is 0 Å². The Morgan fingerprint density at radius 1 is 0.850 bits per heavy atom. The van der Waals surface area contributed by atoms with E-state index in [1.807, 2.05) is 0 Å². The van der Waals surface area contributed by atoms with E-state index in [1.165, 1.54) is 25.7 Å². The normalized spacial score (nSPS) is 21.4. The Kier molecular flexibility index (Phi) is 6.37. The molecule has 4 nitrogen and oxygen atoms in total. The maximum atomic E-state index is 9.22. The molecular weight excluding hydrogens is 288 g/mol. The van der Waals surface area contributed by atoms with Gasteiger partial charge in [0.15, 0.2) is 0 Å². The van der Waals surface area contributed by atoms with E-state index in [-0.39, 0.29) is 4.58 Å². The summed E-state index contributed by atoms with van der Waals surface area (Å²) in [5.74, 6) is 0.850. The fourth-order valence-electron chi connectivity index (χ4n) is 3.11. The Labute approximate surface area is 129 Å². The second kappa shape index (κ2) is 8.04. The SMILES string of the molecule is CC(SC(=[N+]=[N-])C1CCCC1)SC(=[N+]=[N-])C1CCCC1. The summed E-state index contributed by atoms with van der Waals surface area (Å²) in [6, 6.07) is 0. The van der Waals surface area contributed by atoms with Gasteiger partial charge in [0, 0.05) is 0 Å². The van der Waals surface area contributed by atoms with Crippen molar-refractivity contribution in [3.8, 4) is 0 Å². The van der Waals surface area contributed by atoms with E-state index in [0.29, 0.717) is 11.8 Å². The molecule has 110 valence electrons. The molecule has 2 fully saturated rings. The van der Waals surface area contributed by atoms with Gasteiger partial charge in [-0.15, -0.1) is 0 Å². The fourth-order valence-corrected chi connectivity index (χ4v) is 5.53. The highest BCUT2D eigenvalue weighted by Crippen LogP contribution is 2.37. The number of nitrogens with zero attached hydrogens (tertiary/aromatic N) is 4. The zero-order chi connectivity index (χ0) is 14.4. The van der Waals surface area contributed by atoms with E-state index in [1.54, 1.807) is 23.5 Å². The van der Waals surface area contributed by atoms with Crippen molar-refractivity contribution < 1.29 is 9.58 Å². The van der Waals surface area contributed by atoms with E-state index in [2.05, 4.69) is 16.5 Å². The van der Waals surface area contributed by atoms with Gasteiger partial charge in [0.2, 0.25) is 0 Å². The lowest BCUT2D eigenvalue weighted by atomic mass is 10.1. The molecule has 0 unspecified atom stereocenters. The predicted octanol–water partition coefficient (Wildman–Crippen LogP) is 4.44. The minimum atomic E-state index is 0.216. The van der Waals surface area contributed by atoms with Crippen LogP contribution in [0.5, 0.6) is 0 Å². The molecule has 2 saturated carbocycles. The van der Waals surface area contributed by atoms with Crippen LogP contribution in [0, 0.1) is 11.8 Å². The molecule has 2 rings (SSSR count). The average Bonchev–Trinajstić information content (AvgIpc) is 3.14. The highest BCUT2D eigenvalue weighted by Gasteiger charge is 2.33. The molecule has 6 heteroatoms. The van der Waals surface area contributed by atoms with Crippen LogP contribution < -0.4 is 0 Å². The van der Waals surface area contributed by atoms with Crippen LogP contribution >= 0.6 is 23.5 Å². The standard InChI is InChI=1S/C14H22N4S2/c1-10(19-13(17-15)11-6-2-3-7-11)20-14(18-16)12-8-4-5-9-12/h10-12H,2-9H2,1H3. The Morgan fingerprint density at radius 2 is 1.20 bits per heavy atom. The second-order valence-corrected chi connectivity index (χ2v) is 8.66. The maximum absolute atomic E-state index is 9.22. The number of thioether (sulfide) groups is 2. The molecule has 0 atom stereocenters. The molecule has 0 radical (unpaired) electrons. The molecule has 0 aromatic rings. The number of hydrogen-bond donors (Lipinski definition) is 0. The van der Waals surface area contributed by atoms with E-state index in [4.69, 9.17) is 0 Å². The van der Waals surface area contributed by atoms with Gasteiger partial charge in [0.1, 0.15) is 0 Å². The Hall–Kier alpha value is -0.540. The minimum absolute atomic E-state index is 0.216. The maximum Gasteiger partial charge on any atom is 0.329 e.